The minimum absolute atomic E-state index is 0.138. The second-order valence-corrected chi connectivity index (χ2v) is 7.05. The zero-order valence-electron chi connectivity index (χ0n) is 13.6. The number of hydrogen-bond donors (Lipinski definition) is 2. The van der Waals surface area contributed by atoms with Crippen molar-refractivity contribution in [2.45, 2.75) is 78.6 Å². The molecule has 1 aliphatic rings. The van der Waals surface area contributed by atoms with Gasteiger partial charge in [-0.25, -0.2) is 0 Å². The lowest BCUT2D eigenvalue weighted by Gasteiger charge is -2.56. The van der Waals surface area contributed by atoms with E-state index < -0.39 is 0 Å². The number of hydrogen-bond acceptors (Lipinski definition) is 3. The van der Waals surface area contributed by atoms with Gasteiger partial charge in [0.25, 0.3) is 0 Å². The van der Waals surface area contributed by atoms with Gasteiger partial charge < -0.3 is 15.2 Å². The quantitative estimate of drug-likeness (QED) is 0.713. The van der Waals surface area contributed by atoms with Gasteiger partial charge in [0.05, 0.1) is 12.2 Å². The van der Waals surface area contributed by atoms with Crippen LogP contribution in [0.15, 0.2) is 0 Å². The van der Waals surface area contributed by atoms with Gasteiger partial charge in [-0.05, 0) is 38.0 Å². The van der Waals surface area contributed by atoms with Gasteiger partial charge in [0.1, 0.15) is 0 Å². The van der Waals surface area contributed by atoms with E-state index in [0.29, 0.717) is 17.6 Å². The second-order valence-electron chi connectivity index (χ2n) is 7.05. The Morgan fingerprint density at radius 3 is 2.37 bits per heavy atom. The fraction of sp³-hybridized carbons (Fsp3) is 1.00. The molecule has 0 aromatic heterocycles. The Labute approximate surface area is 119 Å². The molecule has 3 heteroatoms. The Morgan fingerprint density at radius 1 is 1.37 bits per heavy atom. The molecule has 3 nitrogen and oxygen atoms in total. The zero-order valence-corrected chi connectivity index (χ0v) is 13.6. The molecular formula is C16H33NO2. The van der Waals surface area contributed by atoms with E-state index in [4.69, 9.17) is 4.74 Å². The van der Waals surface area contributed by atoms with Crippen molar-refractivity contribution in [3.63, 3.8) is 0 Å². The predicted molar refractivity (Wildman–Crippen MR) is 80.3 cm³/mol. The number of aliphatic hydroxyl groups excluding tert-OH is 1. The number of ether oxygens (including phenoxy) is 1. The number of rotatable bonds is 8. The highest BCUT2D eigenvalue weighted by molar-refractivity contribution is 5.06. The first-order valence-corrected chi connectivity index (χ1v) is 7.75. The molecule has 0 spiro atoms. The summed E-state index contributed by atoms with van der Waals surface area (Å²) in [5, 5.41) is 13.3. The van der Waals surface area contributed by atoms with Crippen molar-refractivity contribution in [2.75, 3.05) is 13.7 Å². The van der Waals surface area contributed by atoms with E-state index in [9.17, 15) is 5.11 Å². The Balaban J connectivity index is 2.54. The van der Waals surface area contributed by atoms with Crippen molar-refractivity contribution >= 4 is 0 Å². The van der Waals surface area contributed by atoms with E-state index in [-0.39, 0.29) is 11.5 Å². The van der Waals surface area contributed by atoms with Crippen LogP contribution in [0.2, 0.25) is 0 Å². The molecule has 1 aliphatic carbocycles. The van der Waals surface area contributed by atoms with Crippen molar-refractivity contribution in [1.82, 2.24) is 5.32 Å². The minimum Gasteiger partial charge on any atom is -0.393 e. The molecule has 0 bridgehead atoms. The molecule has 1 rings (SSSR count). The van der Waals surface area contributed by atoms with Crippen LogP contribution in [0.4, 0.5) is 0 Å². The molecule has 1 saturated carbocycles. The van der Waals surface area contributed by atoms with Gasteiger partial charge in [0.15, 0.2) is 0 Å². The lowest BCUT2D eigenvalue weighted by molar-refractivity contribution is -0.125. The van der Waals surface area contributed by atoms with Crippen LogP contribution in [0.3, 0.4) is 0 Å². The van der Waals surface area contributed by atoms with Crippen LogP contribution < -0.4 is 5.32 Å². The third kappa shape index (κ3) is 3.71. The maximum Gasteiger partial charge on any atom is 0.0657 e. The molecule has 19 heavy (non-hydrogen) atoms. The smallest absolute Gasteiger partial charge is 0.0657 e. The lowest BCUT2D eigenvalue weighted by atomic mass is 9.58. The van der Waals surface area contributed by atoms with Crippen LogP contribution in [-0.4, -0.2) is 37.0 Å². The molecule has 0 aromatic carbocycles. The third-order valence-electron chi connectivity index (χ3n) is 5.06. The van der Waals surface area contributed by atoms with E-state index >= 15 is 0 Å². The molecule has 3 atom stereocenters. The van der Waals surface area contributed by atoms with Gasteiger partial charge in [-0.15, -0.1) is 0 Å². The first-order chi connectivity index (χ1) is 8.81. The fourth-order valence-corrected chi connectivity index (χ4v) is 3.83. The molecular weight excluding hydrogens is 238 g/mol. The van der Waals surface area contributed by atoms with Crippen LogP contribution in [0.1, 0.15) is 60.3 Å². The molecule has 0 saturated heterocycles. The summed E-state index contributed by atoms with van der Waals surface area (Å²) in [6, 6.07) is 0.556. The van der Waals surface area contributed by atoms with Gasteiger partial charge >= 0.3 is 0 Å². The first kappa shape index (κ1) is 16.9. The SMILES string of the molecule is CCC1(CC)C(NCC(C)(C)CC(C)O)CC1OC. The number of nitrogens with one attached hydrogen (secondary N) is 1. The highest BCUT2D eigenvalue weighted by atomic mass is 16.5. The van der Waals surface area contributed by atoms with Crippen molar-refractivity contribution in [1.29, 1.82) is 0 Å². The van der Waals surface area contributed by atoms with Crippen molar-refractivity contribution in [3.05, 3.63) is 0 Å². The highest BCUT2D eigenvalue weighted by Gasteiger charge is 2.52. The first-order valence-electron chi connectivity index (χ1n) is 7.75. The van der Waals surface area contributed by atoms with Gasteiger partial charge in [-0.3, -0.25) is 0 Å². The second kappa shape index (κ2) is 6.55. The van der Waals surface area contributed by atoms with Crippen molar-refractivity contribution < 1.29 is 9.84 Å². The average Bonchev–Trinajstić information content (AvgIpc) is 2.28. The summed E-state index contributed by atoms with van der Waals surface area (Å²) in [4.78, 5) is 0. The Morgan fingerprint density at radius 2 is 1.95 bits per heavy atom. The number of methoxy groups -OCH3 is 1. The molecule has 0 radical (unpaired) electrons. The summed E-state index contributed by atoms with van der Waals surface area (Å²) in [5.41, 5.74) is 0.440. The Hall–Kier alpha value is -0.120. The van der Waals surface area contributed by atoms with E-state index in [1.807, 2.05) is 14.0 Å². The molecule has 1 fully saturated rings. The van der Waals surface area contributed by atoms with E-state index in [1.165, 1.54) is 0 Å². The van der Waals surface area contributed by atoms with Gasteiger partial charge in [-0.1, -0.05) is 27.7 Å². The minimum atomic E-state index is -0.230. The standard InChI is InChI=1S/C16H33NO2/c1-7-16(8-2)13(9-14(16)19-6)17-11-15(4,5)10-12(3)18/h12-14,17-18H,7-11H2,1-6H3. The van der Waals surface area contributed by atoms with Crippen LogP contribution in [0.5, 0.6) is 0 Å². The zero-order chi connectivity index (χ0) is 14.7. The summed E-state index contributed by atoms with van der Waals surface area (Å²) in [5.74, 6) is 0. The van der Waals surface area contributed by atoms with E-state index in [0.717, 1.165) is 32.2 Å². The Kier molecular flexibility index (Phi) is 5.84. The largest absolute Gasteiger partial charge is 0.393 e. The third-order valence-corrected chi connectivity index (χ3v) is 5.06. The number of aliphatic hydroxyl groups is 1. The van der Waals surface area contributed by atoms with E-state index in [2.05, 4.69) is 33.0 Å². The van der Waals surface area contributed by atoms with Crippen LogP contribution in [0, 0.1) is 10.8 Å². The molecule has 2 N–H and O–H groups in total. The maximum absolute atomic E-state index is 9.55. The molecule has 3 unspecified atom stereocenters. The van der Waals surface area contributed by atoms with E-state index in [1.54, 1.807) is 0 Å². The summed E-state index contributed by atoms with van der Waals surface area (Å²) >= 11 is 0. The van der Waals surface area contributed by atoms with Crippen molar-refractivity contribution in [3.8, 4) is 0 Å². The summed E-state index contributed by atoms with van der Waals surface area (Å²) < 4.78 is 5.63. The summed E-state index contributed by atoms with van der Waals surface area (Å²) in [7, 11) is 1.83. The molecule has 0 heterocycles. The maximum atomic E-state index is 9.55. The summed E-state index contributed by atoms with van der Waals surface area (Å²) in [6.07, 6.45) is 4.45. The predicted octanol–water partition coefficient (Wildman–Crippen LogP) is 2.97. The van der Waals surface area contributed by atoms with Gasteiger partial charge in [0.2, 0.25) is 0 Å². The molecule has 0 aliphatic heterocycles. The topological polar surface area (TPSA) is 41.5 Å². The monoisotopic (exact) mass is 271 g/mol. The lowest BCUT2D eigenvalue weighted by Crippen LogP contribution is -2.64. The Bertz CT molecular complexity index is 272. The van der Waals surface area contributed by atoms with Gasteiger partial charge in [-0.2, -0.15) is 0 Å². The fourth-order valence-electron chi connectivity index (χ4n) is 3.83. The molecule has 0 amide bonds. The van der Waals surface area contributed by atoms with Gasteiger partial charge in [0, 0.05) is 25.1 Å². The molecule has 114 valence electrons. The highest BCUT2D eigenvalue weighted by Crippen LogP contribution is 2.48. The summed E-state index contributed by atoms with van der Waals surface area (Å²) in [6.45, 7) is 11.8. The molecule has 0 aromatic rings. The van der Waals surface area contributed by atoms with Crippen molar-refractivity contribution in [2.24, 2.45) is 10.8 Å². The van der Waals surface area contributed by atoms with Crippen LogP contribution in [0.25, 0.3) is 0 Å². The normalized spacial score (nSPS) is 27.9. The van der Waals surface area contributed by atoms with Crippen LogP contribution >= 0.6 is 0 Å². The average molecular weight is 271 g/mol. The van der Waals surface area contributed by atoms with Crippen LogP contribution in [-0.2, 0) is 4.74 Å².